The van der Waals surface area contributed by atoms with Gasteiger partial charge in [-0.15, -0.1) is 0 Å². The summed E-state index contributed by atoms with van der Waals surface area (Å²) in [4.78, 5) is 17.1. The van der Waals surface area contributed by atoms with Crippen molar-refractivity contribution in [3.8, 4) is 0 Å². The zero-order valence-corrected chi connectivity index (χ0v) is 15.0. The molecule has 1 aromatic rings. The SMILES string of the molecule is CC(C)C(N)C(=O)N1CCC(N(Cc2ccccc2)C2CC2)CC1. The highest BCUT2D eigenvalue weighted by Gasteiger charge is 2.36. The Hall–Kier alpha value is -1.39. The van der Waals surface area contributed by atoms with Crippen molar-refractivity contribution in [2.24, 2.45) is 11.7 Å². The minimum atomic E-state index is -0.356. The molecule has 1 saturated heterocycles. The Morgan fingerprint density at radius 1 is 1.12 bits per heavy atom. The van der Waals surface area contributed by atoms with Crippen molar-refractivity contribution in [2.75, 3.05) is 13.1 Å². The molecule has 132 valence electrons. The van der Waals surface area contributed by atoms with Gasteiger partial charge in [0.1, 0.15) is 0 Å². The van der Waals surface area contributed by atoms with Crippen molar-refractivity contribution < 1.29 is 4.79 Å². The highest BCUT2D eigenvalue weighted by Crippen LogP contribution is 2.33. The lowest BCUT2D eigenvalue weighted by atomic mass is 9.99. The fraction of sp³-hybridized carbons (Fsp3) is 0.650. The molecule has 0 spiro atoms. The van der Waals surface area contributed by atoms with Gasteiger partial charge in [-0.25, -0.2) is 0 Å². The summed E-state index contributed by atoms with van der Waals surface area (Å²) in [6.07, 6.45) is 4.79. The molecule has 24 heavy (non-hydrogen) atoms. The minimum absolute atomic E-state index is 0.129. The standard InChI is InChI=1S/C20H31N3O/c1-15(2)19(21)20(24)22-12-10-18(11-13-22)23(17-8-9-17)14-16-6-4-3-5-7-16/h3-7,15,17-19H,8-14,21H2,1-2H3. The van der Waals surface area contributed by atoms with E-state index in [1.807, 2.05) is 18.7 Å². The van der Waals surface area contributed by atoms with E-state index in [0.29, 0.717) is 6.04 Å². The second kappa shape index (κ2) is 7.66. The number of likely N-dealkylation sites (tertiary alicyclic amines) is 1. The van der Waals surface area contributed by atoms with E-state index in [1.165, 1.54) is 18.4 Å². The predicted molar refractivity (Wildman–Crippen MR) is 97.4 cm³/mol. The monoisotopic (exact) mass is 329 g/mol. The number of hydrogen-bond acceptors (Lipinski definition) is 3. The first-order chi connectivity index (χ1) is 11.6. The molecule has 1 amide bonds. The van der Waals surface area contributed by atoms with Crippen molar-refractivity contribution in [3.05, 3.63) is 35.9 Å². The molecule has 1 saturated carbocycles. The molecule has 2 fully saturated rings. The van der Waals surface area contributed by atoms with Crippen molar-refractivity contribution in [1.29, 1.82) is 0 Å². The van der Waals surface area contributed by atoms with Crippen LogP contribution in [0.5, 0.6) is 0 Å². The van der Waals surface area contributed by atoms with Crippen LogP contribution in [0.3, 0.4) is 0 Å². The Morgan fingerprint density at radius 2 is 1.71 bits per heavy atom. The van der Waals surface area contributed by atoms with Gasteiger partial charge in [-0.3, -0.25) is 9.69 Å². The van der Waals surface area contributed by atoms with Crippen LogP contribution in [0.15, 0.2) is 30.3 Å². The first-order valence-electron chi connectivity index (χ1n) is 9.40. The molecular weight excluding hydrogens is 298 g/mol. The van der Waals surface area contributed by atoms with Crippen LogP contribution in [0.25, 0.3) is 0 Å². The number of benzene rings is 1. The molecule has 1 aliphatic carbocycles. The van der Waals surface area contributed by atoms with Gasteiger partial charge in [0, 0.05) is 31.7 Å². The summed E-state index contributed by atoms with van der Waals surface area (Å²) in [6.45, 7) is 6.77. The van der Waals surface area contributed by atoms with Gasteiger partial charge >= 0.3 is 0 Å². The van der Waals surface area contributed by atoms with Crippen molar-refractivity contribution >= 4 is 5.91 Å². The average Bonchev–Trinajstić information content (AvgIpc) is 3.44. The molecule has 0 aromatic heterocycles. The molecule has 3 rings (SSSR count). The van der Waals surface area contributed by atoms with Gasteiger partial charge in [-0.2, -0.15) is 0 Å². The maximum Gasteiger partial charge on any atom is 0.239 e. The first-order valence-corrected chi connectivity index (χ1v) is 9.40. The fourth-order valence-corrected chi connectivity index (χ4v) is 3.67. The number of nitrogens with two attached hydrogens (primary N) is 1. The van der Waals surface area contributed by atoms with E-state index in [9.17, 15) is 4.79 Å². The maximum absolute atomic E-state index is 12.4. The van der Waals surface area contributed by atoms with Crippen LogP contribution < -0.4 is 5.73 Å². The van der Waals surface area contributed by atoms with E-state index in [2.05, 4.69) is 35.2 Å². The zero-order chi connectivity index (χ0) is 17.1. The van der Waals surface area contributed by atoms with E-state index in [-0.39, 0.29) is 17.9 Å². The summed E-state index contributed by atoms with van der Waals surface area (Å²) in [5.41, 5.74) is 7.44. The Morgan fingerprint density at radius 3 is 2.25 bits per heavy atom. The lowest BCUT2D eigenvalue weighted by Gasteiger charge is -2.39. The highest BCUT2D eigenvalue weighted by molar-refractivity contribution is 5.82. The molecule has 0 bridgehead atoms. The smallest absolute Gasteiger partial charge is 0.239 e. The van der Waals surface area contributed by atoms with Gasteiger partial charge in [0.2, 0.25) is 5.91 Å². The quantitative estimate of drug-likeness (QED) is 0.873. The molecule has 2 N–H and O–H groups in total. The third kappa shape index (κ3) is 4.17. The van der Waals surface area contributed by atoms with Crippen LogP contribution in [0.2, 0.25) is 0 Å². The number of nitrogens with zero attached hydrogens (tertiary/aromatic N) is 2. The largest absolute Gasteiger partial charge is 0.341 e. The maximum atomic E-state index is 12.4. The third-order valence-electron chi connectivity index (χ3n) is 5.47. The van der Waals surface area contributed by atoms with E-state index < -0.39 is 0 Å². The van der Waals surface area contributed by atoms with Gasteiger partial charge in [-0.1, -0.05) is 44.2 Å². The molecule has 1 unspecified atom stereocenters. The number of carbonyl (C=O) groups excluding carboxylic acids is 1. The van der Waals surface area contributed by atoms with Crippen molar-refractivity contribution in [3.63, 3.8) is 0 Å². The lowest BCUT2D eigenvalue weighted by molar-refractivity contribution is -0.135. The van der Waals surface area contributed by atoms with Crippen LogP contribution >= 0.6 is 0 Å². The summed E-state index contributed by atoms with van der Waals surface area (Å²) in [6, 6.07) is 11.7. The second-order valence-corrected chi connectivity index (χ2v) is 7.72. The van der Waals surface area contributed by atoms with Crippen LogP contribution in [0, 0.1) is 5.92 Å². The molecule has 1 aliphatic heterocycles. The average molecular weight is 329 g/mol. The summed E-state index contributed by atoms with van der Waals surface area (Å²) in [7, 11) is 0. The van der Waals surface area contributed by atoms with E-state index >= 15 is 0 Å². The summed E-state index contributed by atoms with van der Waals surface area (Å²) in [5, 5.41) is 0. The second-order valence-electron chi connectivity index (χ2n) is 7.72. The summed E-state index contributed by atoms with van der Waals surface area (Å²) in [5.74, 6) is 0.334. The van der Waals surface area contributed by atoms with E-state index in [0.717, 1.165) is 38.5 Å². The number of amides is 1. The minimum Gasteiger partial charge on any atom is -0.341 e. The molecule has 1 heterocycles. The molecule has 4 heteroatoms. The van der Waals surface area contributed by atoms with Crippen LogP contribution in [0.4, 0.5) is 0 Å². The topological polar surface area (TPSA) is 49.6 Å². The van der Waals surface area contributed by atoms with Crippen molar-refractivity contribution in [1.82, 2.24) is 9.80 Å². The predicted octanol–water partition coefficient (Wildman–Crippen LogP) is 2.63. The number of piperidine rings is 1. The van der Waals surface area contributed by atoms with Crippen LogP contribution in [0.1, 0.15) is 45.1 Å². The Kier molecular flexibility index (Phi) is 5.57. The normalized spacial score (nSPS) is 20.6. The Labute approximate surface area is 146 Å². The van der Waals surface area contributed by atoms with E-state index in [4.69, 9.17) is 5.73 Å². The zero-order valence-electron chi connectivity index (χ0n) is 15.0. The van der Waals surface area contributed by atoms with Crippen molar-refractivity contribution in [2.45, 2.75) is 64.2 Å². The number of rotatable bonds is 6. The lowest BCUT2D eigenvalue weighted by Crippen LogP contribution is -2.52. The van der Waals surface area contributed by atoms with Gasteiger partial charge in [-0.05, 0) is 37.2 Å². The van der Waals surface area contributed by atoms with Gasteiger partial charge in [0.15, 0.2) is 0 Å². The Bertz CT molecular complexity index is 533. The van der Waals surface area contributed by atoms with Gasteiger partial charge < -0.3 is 10.6 Å². The molecule has 1 atom stereocenters. The highest BCUT2D eigenvalue weighted by atomic mass is 16.2. The molecule has 2 aliphatic rings. The number of hydrogen-bond donors (Lipinski definition) is 1. The summed E-state index contributed by atoms with van der Waals surface area (Å²) < 4.78 is 0. The van der Waals surface area contributed by atoms with Crippen LogP contribution in [-0.2, 0) is 11.3 Å². The van der Waals surface area contributed by atoms with E-state index in [1.54, 1.807) is 0 Å². The first kappa shape index (κ1) is 17.4. The Balaban J connectivity index is 1.57. The van der Waals surface area contributed by atoms with Crippen LogP contribution in [-0.4, -0.2) is 46.9 Å². The molecule has 0 radical (unpaired) electrons. The third-order valence-corrected chi connectivity index (χ3v) is 5.47. The fourth-order valence-electron chi connectivity index (χ4n) is 3.67. The van der Waals surface area contributed by atoms with Gasteiger partial charge in [0.25, 0.3) is 0 Å². The molecule has 4 nitrogen and oxygen atoms in total. The number of carbonyl (C=O) groups is 1. The molecular formula is C20H31N3O. The van der Waals surface area contributed by atoms with Gasteiger partial charge in [0.05, 0.1) is 6.04 Å². The summed E-state index contributed by atoms with van der Waals surface area (Å²) >= 11 is 0. The molecule has 1 aromatic carbocycles.